The first-order valence-corrected chi connectivity index (χ1v) is 7.66. The summed E-state index contributed by atoms with van der Waals surface area (Å²) >= 11 is 0. The fourth-order valence-corrected chi connectivity index (χ4v) is 2.94. The van der Waals surface area contributed by atoms with Crippen molar-refractivity contribution in [3.8, 4) is 0 Å². The highest BCUT2D eigenvalue weighted by atomic mass is 16.3. The van der Waals surface area contributed by atoms with Crippen LogP contribution in [0.5, 0.6) is 0 Å². The van der Waals surface area contributed by atoms with Crippen molar-refractivity contribution in [2.24, 2.45) is 13.0 Å². The van der Waals surface area contributed by atoms with E-state index in [0.29, 0.717) is 11.7 Å². The van der Waals surface area contributed by atoms with Gasteiger partial charge in [-0.2, -0.15) is 5.10 Å². The Morgan fingerprint density at radius 1 is 1.50 bits per heavy atom. The standard InChI is InChI=1S/C16H22N4O2/c1-11-6-7-20(13(9-11)14-5-4-8-22-14)16(21)17-15-10-12(2)19(3)18-15/h4-5,8,10-11,13H,6-7,9H2,1-3H3,(H,17,18,21). The van der Waals surface area contributed by atoms with E-state index < -0.39 is 0 Å². The van der Waals surface area contributed by atoms with Crippen LogP contribution in [0.1, 0.15) is 37.3 Å². The van der Waals surface area contributed by atoms with Crippen LogP contribution < -0.4 is 5.32 Å². The quantitative estimate of drug-likeness (QED) is 0.925. The maximum absolute atomic E-state index is 12.6. The van der Waals surface area contributed by atoms with Crippen molar-refractivity contribution in [3.63, 3.8) is 0 Å². The molecule has 3 heterocycles. The maximum atomic E-state index is 12.6. The molecular weight excluding hydrogens is 280 g/mol. The molecule has 0 spiro atoms. The molecule has 3 rings (SSSR count). The third kappa shape index (κ3) is 2.86. The zero-order chi connectivity index (χ0) is 15.7. The Labute approximate surface area is 130 Å². The van der Waals surface area contributed by atoms with Gasteiger partial charge in [0, 0.05) is 25.4 Å². The van der Waals surface area contributed by atoms with E-state index in [1.54, 1.807) is 10.9 Å². The molecule has 6 nitrogen and oxygen atoms in total. The molecule has 0 bridgehead atoms. The van der Waals surface area contributed by atoms with Gasteiger partial charge in [0.25, 0.3) is 0 Å². The van der Waals surface area contributed by atoms with Crippen molar-refractivity contribution < 1.29 is 9.21 Å². The van der Waals surface area contributed by atoms with Gasteiger partial charge in [0.15, 0.2) is 5.82 Å². The lowest BCUT2D eigenvalue weighted by atomic mass is 9.91. The summed E-state index contributed by atoms with van der Waals surface area (Å²) in [6.07, 6.45) is 3.58. The van der Waals surface area contributed by atoms with E-state index in [1.807, 2.05) is 37.1 Å². The van der Waals surface area contributed by atoms with Crippen LogP contribution in [0.4, 0.5) is 10.6 Å². The second kappa shape index (κ2) is 5.87. The fourth-order valence-electron chi connectivity index (χ4n) is 2.94. The maximum Gasteiger partial charge on any atom is 0.323 e. The molecular formula is C16H22N4O2. The minimum atomic E-state index is -0.119. The number of aromatic nitrogens is 2. The molecule has 1 fully saturated rings. The molecule has 1 saturated heterocycles. The van der Waals surface area contributed by atoms with Crippen LogP contribution in [0, 0.1) is 12.8 Å². The minimum Gasteiger partial charge on any atom is -0.467 e. The number of piperidine rings is 1. The van der Waals surface area contributed by atoms with Gasteiger partial charge in [-0.3, -0.25) is 10.00 Å². The SMILES string of the molecule is Cc1cc(NC(=O)N2CCC(C)CC2c2ccco2)nn1C. The van der Waals surface area contributed by atoms with Gasteiger partial charge >= 0.3 is 6.03 Å². The first kappa shape index (κ1) is 14.7. The topological polar surface area (TPSA) is 63.3 Å². The first-order valence-electron chi connectivity index (χ1n) is 7.66. The van der Waals surface area contributed by atoms with Crippen molar-refractivity contribution in [1.29, 1.82) is 0 Å². The molecule has 0 saturated carbocycles. The number of amides is 2. The number of likely N-dealkylation sites (tertiary alicyclic amines) is 1. The van der Waals surface area contributed by atoms with Crippen molar-refractivity contribution in [2.75, 3.05) is 11.9 Å². The third-order valence-electron chi connectivity index (χ3n) is 4.35. The van der Waals surface area contributed by atoms with E-state index >= 15 is 0 Å². The van der Waals surface area contributed by atoms with E-state index in [4.69, 9.17) is 4.42 Å². The number of hydrogen-bond donors (Lipinski definition) is 1. The molecule has 0 aliphatic carbocycles. The van der Waals surface area contributed by atoms with Crippen LogP contribution in [-0.2, 0) is 7.05 Å². The molecule has 2 atom stereocenters. The van der Waals surface area contributed by atoms with Gasteiger partial charge in [-0.1, -0.05) is 6.92 Å². The summed E-state index contributed by atoms with van der Waals surface area (Å²) in [5.41, 5.74) is 1.00. The Morgan fingerprint density at radius 2 is 2.32 bits per heavy atom. The number of rotatable bonds is 2. The zero-order valence-corrected chi connectivity index (χ0v) is 13.2. The Kier molecular flexibility index (Phi) is 3.92. The number of carbonyl (C=O) groups excluding carboxylic acids is 1. The summed E-state index contributed by atoms with van der Waals surface area (Å²) in [5.74, 6) is 2.01. The fraction of sp³-hybridized carbons (Fsp3) is 0.500. The Bertz CT molecular complexity index is 628. The third-order valence-corrected chi connectivity index (χ3v) is 4.35. The van der Waals surface area contributed by atoms with Gasteiger partial charge < -0.3 is 9.32 Å². The lowest BCUT2D eigenvalue weighted by Gasteiger charge is -2.37. The molecule has 1 aliphatic heterocycles. The van der Waals surface area contributed by atoms with Crippen molar-refractivity contribution in [1.82, 2.24) is 14.7 Å². The first-order chi connectivity index (χ1) is 10.5. The molecule has 0 radical (unpaired) electrons. The lowest BCUT2D eigenvalue weighted by Crippen LogP contribution is -2.42. The second-order valence-corrected chi connectivity index (χ2v) is 6.08. The van der Waals surface area contributed by atoms with Crippen molar-refractivity contribution in [2.45, 2.75) is 32.7 Å². The molecule has 2 aromatic rings. The van der Waals surface area contributed by atoms with Crippen LogP contribution in [0.25, 0.3) is 0 Å². The van der Waals surface area contributed by atoms with E-state index in [0.717, 1.165) is 30.8 Å². The highest BCUT2D eigenvalue weighted by Crippen LogP contribution is 2.34. The van der Waals surface area contributed by atoms with Gasteiger partial charge in [0.1, 0.15) is 5.76 Å². The number of carbonyl (C=O) groups is 1. The van der Waals surface area contributed by atoms with E-state index in [2.05, 4.69) is 17.3 Å². The predicted octanol–water partition coefficient (Wildman–Crippen LogP) is 3.33. The number of aryl methyl sites for hydroxylation is 2. The van der Waals surface area contributed by atoms with Crippen molar-refractivity contribution >= 4 is 11.8 Å². The molecule has 2 unspecified atom stereocenters. The van der Waals surface area contributed by atoms with Crippen LogP contribution >= 0.6 is 0 Å². The summed E-state index contributed by atoms with van der Waals surface area (Å²) in [4.78, 5) is 14.5. The summed E-state index contributed by atoms with van der Waals surface area (Å²) in [6.45, 7) is 4.90. The molecule has 2 aromatic heterocycles. The summed E-state index contributed by atoms with van der Waals surface area (Å²) in [6, 6.07) is 5.54. The number of nitrogens with zero attached hydrogens (tertiary/aromatic N) is 3. The molecule has 22 heavy (non-hydrogen) atoms. The lowest BCUT2D eigenvalue weighted by molar-refractivity contribution is 0.129. The number of anilines is 1. The number of hydrogen-bond acceptors (Lipinski definition) is 3. The van der Waals surface area contributed by atoms with Gasteiger partial charge in [0.05, 0.1) is 12.3 Å². The minimum absolute atomic E-state index is 0.0106. The summed E-state index contributed by atoms with van der Waals surface area (Å²) in [5, 5.41) is 7.18. The molecule has 1 N–H and O–H groups in total. The van der Waals surface area contributed by atoms with Crippen LogP contribution in [-0.4, -0.2) is 27.3 Å². The largest absolute Gasteiger partial charge is 0.467 e. The van der Waals surface area contributed by atoms with E-state index in [1.165, 1.54) is 0 Å². The highest BCUT2D eigenvalue weighted by molar-refractivity contribution is 5.88. The van der Waals surface area contributed by atoms with Crippen molar-refractivity contribution in [3.05, 3.63) is 35.9 Å². The highest BCUT2D eigenvalue weighted by Gasteiger charge is 2.33. The number of furan rings is 1. The van der Waals surface area contributed by atoms with E-state index in [9.17, 15) is 4.79 Å². The molecule has 6 heteroatoms. The van der Waals surface area contributed by atoms with Gasteiger partial charge in [-0.15, -0.1) is 0 Å². The van der Waals surface area contributed by atoms with Gasteiger partial charge in [-0.05, 0) is 37.8 Å². The monoisotopic (exact) mass is 302 g/mol. The summed E-state index contributed by atoms with van der Waals surface area (Å²) in [7, 11) is 1.86. The Hall–Kier alpha value is -2.24. The smallest absolute Gasteiger partial charge is 0.323 e. The van der Waals surface area contributed by atoms with Crippen LogP contribution in [0.2, 0.25) is 0 Å². The normalized spacial score (nSPS) is 21.9. The van der Waals surface area contributed by atoms with Crippen LogP contribution in [0.3, 0.4) is 0 Å². The second-order valence-electron chi connectivity index (χ2n) is 6.08. The zero-order valence-electron chi connectivity index (χ0n) is 13.2. The van der Waals surface area contributed by atoms with Gasteiger partial charge in [0.2, 0.25) is 0 Å². The van der Waals surface area contributed by atoms with E-state index in [-0.39, 0.29) is 12.1 Å². The predicted molar refractivity (Wildman–Crippen MR) is 83.5 cm³/mol. The molecule has 0 aromatic carbocycles. The number of urea groups is 1. The number of nitrogens with one attached hydrogen (secondary N) is 1. The molecule has 1 aliphatic rings. The Morgan fingerprint density at radius 3 is 2.95 bits per heavy atom. The van der Waals surface area contributed by atoms with Crippen LogP contribution in [0.15, 0.2) is 28.9 Å². The molecule has 2 amide bonds. The van der Waals surface area contributed by atoms with Gasteiger partial charge in [-0.25, -0.2) is 4.79 Å². The molecule has 118 valence electrons. The Balaban J connectivity index is 1.77. The average molecular weight is 302 g/mol. The average Bonchev–Trinajstić information content (AvgIpc) is 3.09. The summed E-state index contributed by atoms with van der Waals surface area (Å²) < 4.78 is 7.28.